The summed E-state index contributed by atoms with van der Waals surface area (Å²) in [5.74, 6) is 0.305. The van der Waals surface area contributed by atoms with Gasteiger partial charge in [0.05, 0.1) is 5.48 Å². The summed E-state index contributed by atoms with van der Waals surface area (Å²) in [6.45, 7) is 0. The zero-order valence-electron chi connectivity index (χ0n) is 24.3. The molecule has 6 rings (SSSR count). The third-order valence-electron chi connectivity index (χ3n) is 6.54. The van der Waals surface area contributed by atoms with E-state index in [4.69, 9.17) is 10.6 Å². The van der Waals surface area contributed by atoms with Gasteiger partial charge in [0.2, 0.25) is 5.82 Å². The summed E-state index contributed by atoms with van der Waals surface area (Å²) < 4.78 is 34.5. The fraction of sp³-hybridized carbons (Fsp3) is 0.0606. The zero-order chi connectivity index (χ0) is 29.3. The highest BCUT2D eigenvalue weighted by Gasteiger charge is 2.41. The van der Waals surface area contributed by atoms with Gasteiger partial charge in [-0.2, -0.15) is 0 Å². The van der Waals surface area contributed by atoms with Crippen molar-refractivity contribution in [3.05, 3.63) is 162 Å². The van der Waals surface area contributed by atoms with E-state index in [0.717, 1.165) is 16.7 Å². The topological polar surface area (TPSA) is 43.6 Å². The lowest BCUT2D eigenvalue weighted by atomic mass is 9.77. The molecule has 0 unspecified atom stereocenters. The highest BCUT2D eigenvalue weighted by molar-refractivity contribution is 9.08. The minimum atomic E-state index is -0.953. The van der Waals surface area contributed by atoms with Crippen LogP contribution in [0, 0.1) is 0 Å². The largest absolute Gasteiger partial charge is 0.205 e. The molecule has 0 radical (unpaired) electrons. The zero-order valence-corrected chi connectivity index (χ0v) is 21.9. The SMILES string of the molecule is [2H]c1c([2H])c(-c2ccccc2-c2nnn(C(c3ccccc3)(c3ccccc3)c3ccccc3)n2)c([2H])c([2H])c1CBr. The van der Waals surface area contributed by atoms with Crippen molar-refractivity contribution in [1.82, 2.24) is 20.2 Å². The summed E-state index contributed by atoms with van der Waals surface area (Å²) in [5.41, 5.74) is 3.46. The van der Waals surface area contributed by atoms with E-state index in [1.165, 1.54) is 0 Å². The Hall–Kier alpha value is -4.35. The van der Waals surface area contributed by atoms with Gasteiger partial charge in [-0.3, -0.25) is 0 Å². The van der Waals surface area contributed by atoms with E-state index >= 15 is 0 Å². The van der Waals surface area contributed by atoms with Crippen molar-refractivity contribution >= 4 is 15.9 Å². The first-order valence-electron chi connectivity index (χ1n) is 14.2. The van der Waals surface area contributed by atoms with E-state index in [2.05, 4.69) is 26.2 Å². The second-order valence-corrected chi connectivity index (χ2v) is 9.30. The van der Waals surface area contributed by atoms with Crippen molar-refractivity contribution < 1.29 is 5.48 Å². The van der Waals surface area contributed by atoms with Gasteiger partial charge in [0.25, 0.3) is 0 Å². The minimum absolute atomic E-state index is 0.0782. The lowest BCUT2D eigenvalue weighted by Crippen LogP contribution is -2.39. The van der Waals surface area contributed by atoms with Gasteiger partial charge < -0.3 is 0 Å². The number of benzene rings is 5. The summed E-state index contributed by atoms with van der Waals surface area (Å²) >= 11 is 3.30. The van der Waals surface area contributed by atoms with Crippen LogP contribution in [0.3, 0.4) is 0 Å². The van der Waals surface area contributed by atoms with Gasteiger partial charge in [-0.25, -0.2) is 0 Å². The molecule has 0 aliphatic carbocycles. The van der Waals surface area contributed by atoms with Crippen LogP contribution in [-0.2, 0) is 10.9 Å². The molecule has 4 nitrogen and oxygen atoms in total. The maximum absolute atomic E-state index is 8.74. The Kier molecular flexibility index (Phi) is 5.48. The molecular formula is C33H25BrN4. The number of nitrogens with zero attached hydrogens (tertiary/aromatic N) is 4. The first-order valence-corrected chi connectivity index (χ1v) is 13.3. The molecule has 0 fully saturated rings. The first-order chi connectivity index (χ1) is 20.5. The number of hydrogen-bond acceptors (Lipinski definition) is 3. The summed E-state index contributed by atoms with van der Waals surface area (Å²) in [6.07, 6.45) is 0. The van der Waals surface area contributed by atoms with Crippen LogP contribution < -0.4 is 0 Å². The third-order valence-corrected chi connectivity index (χ3v) is 7.10. The molecule has 1 heterocycles. The van der Waals surface area contributed by atoms with Gasteiger partial charge in [-0.1, -0.05) is 155 Å². The molecule has 0 bridgehead atoms. The second-order valence-electron chi connectivity index (χ2n) is 8.74. The smallest absolute Gasteiger partial charge is 0.144 e. The van der Waals surface area contributed by atoms with Crippen molar-refractivity contribution in [2.75, 3.05) is 0 Å². The molecule has 0 spiro atoms. The molecule has 0 atom stereocenters. The molecule has 184 valence electrons. The molecule has 0 amide bonds. The van der Waals surface area contributed by atoms with Crippen LogP contribution in [0.25, 0.3) is 22.5 Å². The van der Waals surface area contributed by atoms with Crippen molar-refractivity contribution in [2.24, 2.45) is 0 Å². The van der Waals surface area contributed by atoms with Gasteiger partial charge in [0.1, 0.15) is 0 Å². The maximum atomic E-state index is 8.74. The van der Waals surface area contributed by atoms with E-state index in [1.54, 1.807) is 16.9 Å². The summed E-state index contributed by atoms with van der Waals surface area (Å²) in [7, 11) is 0. The maximum Gasteiger partial charge on any atom is 0.205 e. The van der Waals surface area contributed by atoms with Crippen molar-refractivity contribution in [3.63, 3.8) is 0 Å². The Morgan fingerprint density at radius 2 is 1.11 bits per heavy atom. The van der Waals surface area contributed by atoms with Crippen LogP contribution in [0.5, 0.6) is 0 Å². The number of halogens is 1. The summed E-state index contributed by atoms with van der Waals surface area (Å²) in [5, 5.41) is 14.3. The molecule has 0 saturated carbocycles. The summed E-state index contributed by atoms with van der Waals surface area (Å²) in [6, 6.07) is 37.0. The van der Waals surface area contributed by atoms with Crippen molar-refractivity contribution in [3.8, 4) is 22.5 Å². The Balaban J connectivity index is 1.61. The average molecular weight is 562 g/mol. The highest BCUT2D eigenvalue weighted by atomic mass is 79.9. The molecule has 6 aromatic rings. The molecule has 0 N–H and O–H groups in total. The Morgan fingerprint density at radius 3 is 1.61 bits per heavy atom. The number of alkyl halides is 1. The number of tetrazole rings is 1. The minimum Gasteiger partial charge on any atom is -0.144 e. The monoisotopic (exact) mass is 560 g/mol. The molecule has 0 saturated heterocycles. The van der Waals surface area contributed by atoms with E-state index in [0.29, 0.717) is 22.5 Å². The number of hydrogen-bond donors (Lipinski definition) is 0. The fourth-order valence-electron chi connectivity index (χ4n) is 4.78. The van der Waals surface area contributed by atoms with Gasteiger partial charge in [0.15, 0.2) is 5.54 Å². The quantitative estimate of drug-likeness (QED) is 0.148. The van der Waals surface area contributed by atoms with Crippen LogP contribution >= 0.6 is 15.9 Å². The van der Waals surface area contributed by atoms with Crippen LogP contribution in [0.2, 0.25) is 0 Å². The van der Waals surface area contributed by atoms with Crippen LogP contribution in [0.15, 0.2) is 139 Å². The second kappa shape index (κ2) is 10.6. The predicted molar refractivity (Wildman–Crippen MR) is 156 cm³/mol. The molecule has 1 aromatic heterocycles. The van der Waals surface area contributed by atoms with Crippen LogP contribution in [-0.4, -0.2) is 20.2 Å². The van der Waals surface area contributed by atoms with Gasteiger partial charge in [0, 0.05) is 10.9 Å². The average Bonchev–Trinajstić information content (AvgIpc) is 3.53. The highest BCUT2D eigenvalue weighted by Crippen LogP contribution is 2.40. The van der Waals surface area contributed by atoms with E-state index < -0.39 is 5.54 Å². The van der Waals surface area contributed by atoms with E-state index in [-0.39, 0.29) is 35.1 Å². The Bertz CT molecular complexity index is 1740. The van der Waals surface area contributed by atoms with Crippen molar-refractivity contribution in [1.29, 1.82) is 0 Å². The van der Waals surface area contributed by atoms with Gasteiger partial charge in [-0.15, -0.1) is 15.0 Å². The van der Waals surface area contributed by atoms with Gasteiger partial charge >= 0.3 is 0 Å². The molecule has 38 heavy (non-hydrogen) atoms. The van der Waals surface area contributed by atoms with Crippen molar-refractivity contribution in [2.45, 2.75) is 10.9 Å². The normalized spacial score (nSPS) is 12.9. The molecule has 5 heteroatoms. The first kappa shape index (κ1) is 19.7. The fourth-order valence-corrected chi connectivity index (χ4v) is 5.07. The Labute approximate surface area is 236 Å². The lowest BCUT2D eigenvalue weighted by molar-refractivity contribution is 0.396. The molecule has 0 aliphatic rings. The number of rotatable bonds is 7. The van der Waals surface area contributed by atoms with Crippen LogP contribution in [0.1, 0.15) is 27.7 Å². The number of aromatic nitrogens is 4. The molecule has 0 aliphatic heterocycles. The van der Waals surface area contributed by atoms with E-state index in [1.807, 2.05) is 103 Å². The predicted octanol–water partition coefficient (Wildman–Crippen LogP) is 7.74. The Morgan fingerprint density at radius 1 is 0.632 bits per heavy atom. The lowest BCUT2D eigenvalue weighted by Gasteiger charge is -2.34. The van der Waals surface area contributed by atoms with E-state index in [9.17, 15) is 0 Å². The van der Waals surface area contributed by atoms with Crippen LogP contribution in [0.4, 0.5) is 0 Å². The standard InChI is InChI=1S/C33H25BrN4/c34-24-25-20-22-26(23-21-25)30-18-10-11-19-31(30)32-35-37-38(36-32)33(27-12-4-1-5-13-27,28-14-6-2-7-15-28)29-16-8-3-9-17-29/h1-23H,24H2/i20D,21D,22D,23D. The van der Waals surface area contributed by atoms with Gasteiger partial charge in [-0.05, 0) is 38.6 Å². The third kappa shape index (κ3) is 4.25. The summed E-state index contributed by atoms with van der Waals surface area (Å²) in [4.78, 5) is 1.63. The molecular weight excluding hydrogens is 532 g/mol. The molecule has 5 aromatic carbocycles.